The Hall–Kier alpha value is -2.19. The Balaban J connectivity index is 1.87. The molecular weight excluding hydrogens is 380 g/mol. The number of aromatic nitrogens is 2. The molecule has 2 heterocycles. The summed E-state index contributed by atoms with van der Waals surface area (Å²) in [7, 11) is -3.55. The quantitative estimate of drug-likeness (QED) is 0.787. The van der Waals surface area contributed by atoms with E-state index >= 15 is 0 Å². The van der Waals surface area contributed by atoms with Crippen molar-refractivity contribution in [3.63, 3.8) is 0 Å². The first-order chi connectivity index (χ1) is 13.5. The molecule has 0 spiro atoms. The molecule has 1 saturated carbocycles. The fraction of sp³-hybridized carbons (Fsp3) is 0.500. The highest BCUT2D eigenvalue weighted by Gasteiger charge is 2.38. The number of aliphatic hydroxyl groups is 1. The third-order valence-electron chi connectivity index (χ3n) is 5.71. The van der Waals surface area contributed by atoms with Gasteiger partial charge in [-0.25, -0.2) is 13.2 Å². The topological polar surface area (TPSA) is 98.5 Å². The number of ether oxygens (including phenoxy) is 1. The van der Waals surface area contributed by atoms with Gasteiger partial charge in [0.2, 0.25) is 0 Å². The van der Waals surface area contributed by atoms with Crippen molar-refractivity contribution in [2.24, 2.45) is 5.92 Å². The highest BCUT2D eigenvalue weighted by atomic mass is 32.2. The smallest absolute Gasteiger partial charge is 0.359 e. The van der Waals surface area contributed by atoms with Gasteiger partial charge in [-0.1, -0.05) is 18.2 Å². The van der Waals surface area contributed by atoms with E-state index in [2.05, 4.69) is 5.10 Å². The lowest BCUT2D eigenvalue weighted by Crippen LogP contribution is -2.22. The van der Waals surface area contributed by atoms with Crippen LogP contribution in [0.1, 0.15) is 54.7 Å². The average molecular weight is 404 g/mol. The first-order valence-electron chi connectivity index (χ1n) is 9.67. The lowest BCUT2D eigenvalue weighted by atomic mass is 9.86. The van der Waals surface area contributed by atoms with Gasteiger partial charge in [0.1, 0.15) is 0 Å². The zero-order chi connectivity index (χ0) is 19.9. The molecule has 0 bridgehead atoms. The third-order valence-corrected chi connectivity index (χ3v) is 7.40. The summed E-state index contributed by atoms with van der Waals surface area (Å²) in [5.74, 6) is -0.546. The summed E-state index contributed by atoms with van der Waals surface area (Å²) in [6, 6.07) is 6.96. The number of carbonyl (C=O) groups excluding carboxylic acids is 1. The number of hydrogen-bond donors (Lipinski definition) is 1. The van der Waals surface area contributed by atoms with Crippen LogP contribution >= 0.6 is 0 Å². The van der Waals surface area contributed by atoms with Gasteiger partial charge in [0.05, 0.1) is 29.0 Å². The van der Waals surface area contributed by atoms with E-state index in [1.54, 1.807) is 31.2 Å². The van der Waals surface area contributed by atoms with Crippen molar-refractivity contribution in [3.8, 4) is 11.3 Å². The van der Waals surface area contributed by atoms with Gasteiger partial charge in [0.15, 0.2) is 15.5 Å². The van der Waals surface area contributed by atoms with Crippen molar-refractivity contribution in [3.05, 3.63) is 35.5 Å². The molecule has 2 aromatic rings. The molecule has 1 fully saturated rings. The highest BCUT2D eigenvalue weighted by Crippen LogP contribution is 2.43. The molecule has 0 atom stereocenters. The van der Waals surface area contributed by atoms with E-state index in [-0.39, 0.29) is 35.6 Å². The summed E-state index contributed by atoms with van der Waals surface area (Å²) in [4.78, 5) is 12.8. The Morgan fingerprint density at radius 2 is 1.96 bits per heavy atom. The Bertz CT molecular complexity index is 1000. The van der Waals surface area contributed by atoms with Gasteiger partial charge in [-0.3, -0.25) is 4.68 Å². The standard InChI is InChI=1S/C20H24N2O5S/c1-2-27-20(24)18-16-12-28(25,26)17-6-4-3-5-15(17)19(16)22(21-18)14-9-7-13(11-23)8-10-14/h3-6,13-14,23H,2,7-12H2,1H3. The van der Waals surface area contributed by atoms with Crippen LogP contribution in [-0.4, -0.2) is 42.5 Å². The lowest BCUT2D eigenvalue weighted by molar-refractivity contribution is 0.0516. The number of carbonyl (C=O) groups is 1. The number of nitrogens with zero attached hydrogens (tertiary/aromatic N) is 2. The largest absolute Gasteiger partial charge is 0.461 e. The second-order valence-corrected chi connectivity index (χ2v) is 9.41. The Morgan fingerprint density at radius 1 is 1.25 bits per heavy atom. The second-order valence-electron chi connectivity index (χ2n) is 7.45. The van der Waals surface area contributed by atoms with Crippen molar-refractivity contribution in [2.75, 3.05) is 13.2 Å². The maximum Gasteiger partial charge on any atom is 0.359 e. The monoisotopic (exact) mass is 404 g/mol. The van der Waals surface area contributed by atoms with Crippen LogP contribution in [0, 0.1) is 5.92 Å². The molecule has 1 aliphatic carbocycles. The predicted molar refractivity (Wildman–Crippen MR) is 103 cm³/mol. The lowest BCUT2D eigenvalue weighted by Gasteiger charge is -2.29. The van der Waals surface area contributed by atoms with Crippen LogP contribution < -0.4 is 0 Å². The van der Waals surface area contributed by atoms with Crippen LogP contribution in [0.5, 0.6) is 0 Å². The van der Waals surface area contributed by atoms with E-state index in [1.807, 2.05) is 4.68 Å². The maximum absolute atomic E-state index is 12.8. The van der Waals surface area contributed by atoms with Gasteiger partial charge >= 0.3 is 5.97 Å². The number of esters is 1. The molecule has 1 N–H and O–H groups in total. The van der Waals surface area contributed by atoms with Crippen molar-refractivity contribution < 1.29 is 23.1 Å². The molecule has 1 aromatic heterocycles. The van der Waals surface area contributed by atoms with E-state index in [0.29, 0.717) is 22.7 Å². The molecule has 8 heteroatoms. The number of hydrogen-bond acceptors (Lipinski definition) is 6. The molecule has 1 aliphatic heterocycles. The molecule has 0 saturated heterocycles. The van der Waals surface area contributed by atoms with E-state index in [1.165, 1.54) is 0 Å². The van der Waals surface area contributed by atoms with Gasteiger partial charge in [0.25, 0.3) is 0 Å². The first-order valence-corrected chi connectivity index (χ1v) is 11.3. The third kappa shape index (κ3) is 3.14. The van der Waals surface area contributed by atoms with Gasteiger partial charge in [-0.05, 0) is 44.6 Å². The number of aliphatic hydroxyl groups excluding tert-OH is 1. The van der Waals surface area contributed by atoms with Crippen LogP contribution in [0.25, 0.3) is 11.3 Å². The van der Waals surface area contributed by atoms with Crippen molar-refractivity contribution in [1.82, 2.24) is 9.78 Å². The molecule has 4 rings (SSSR count). The first kappa shape index (κ1) is 19.1. The zero-order valence-corrected chi connectivity index (χ0v) is 16.6. The predicted octanol–water partition coefficient (Wildman–Crippen LogP) is 2.74. The summed E-state index contributed by atoms with van der Waals surface area (Å²) in [5.41, 5.74) is 1.83. The minimum atomic E-state index is -3.55. The van der Waals surface area contributed by atoms with Crippen LogP contribution in [0.3, 0.4) is 0 Å². The van der Waals surface area contributed by atoms with Crippen LogP contribution in [0.4, 0.5) is 0 Å². The van der Waals surface area contributed by atoms with Gasteiger partial charge in [-0.2, -0.15) is 5.10 Å². The molecule has 0 amide bonds. The number of benzene rings is 1. The van der Waals surface area contributed by atoms with E-state index in [0.717, 1.165) is 25.7 Å². The normalized spacial score (nSPS) is 22.9. The molecule has 0 radical (unpaired) electrons. The highest BCUT2D eigenvalue weighted by molar-refractivity contribution is 7.90. The average Bonchev–Trinajstić information content (AvgIpc) is 3.07. The zero-order valence-electron chi connectivity index (χ0n) is 15.8. The second kappa shape index (κ2) is 7.33. The minimum Gasteiger partial charge on any atom is -0.461 e. The summed E-state index contributed by atoms with van der Waals surface area (Å²) in [6.07, 6.45) is 3.42. The summed E-state index contributed by atoms with van der Waals surface area (Å²) in [6.45, 7) is 2.09. The SMILES string of the molecule is CCOC(=O)c1nn(C2CCC(CO)CC2)c2c1CS(=O)(=O)c1ccccc1-2. The maximum atomic E-state index is 12.8. The minimum absolute atomic E-state index is 0.0635. The fourth-order valence-electron chi connectivity index (χ4n) is 4.29. The molecule has 0 unspecified atom stereocenters. The van der Waals surface area contributed by atoms with E-state index < -0.39 is 15.8 Å². The van der Waals surface area contributed by atoms with E-state index in [4.69, 9.17) is 4.74 Å². The number of fused-ring (bicyclic) bond motifs is 3. The molecule has 2 aliphatic rings. The van der Waals surface area contributed by atoms with Crippen LogP contribution in [0.15, 0.2) is 29.2 Å². The van der Waals surface area contributed by atoms with Crippen molar-refractivity contribution in [1.29, 1.82) is 0 Å². The van der Waals surface area contributed by atoms with Crippen molar-refractivity contribution >= 4 is 15.8 Å². The van der Waals surface area contributed by atoms with Crippen LogP contribution in [-0.2, 0) is 20.3 Å². The molecule has 1 aromatic carbocycles. The van der Waals surface area contributed by atoms with Crippen LogP contribution in [0.2, 0.25) is 0 Å². The summed E-state index contributed by atoms with van der Waals surface area (Å²) < 4.78 is 32.6. The molecule has 150 valence electrons. The Morgan fingerprint density at radius 3 is 2.64 bits per heavy atom. The molecule has 28 heavy (non-hydrogen) atoms. The number of rotatable bonds is 4. The van der Waals surface area contributed by atoms with Gasteiger partial charge in [0, 0.05) is 17.7 Å². The molecular formula is C20H24N2O5S. The Labute approximate surface area is 164 Å². The molecule has 7 nitrogen and oxygen atoms in total. The summed E-state index contributed by atoms with van der Waals surface area (Å²) >= 11 is 0. The van der Waals surface area contributed by atoms with E-state index in [9.17, 15) is 18.3 Å². The van der Waals surface area contributed by atoms with Gasteiger partial charge < -0.3 is 9.84 Å². The Kier molecular flexibility index (Phi) is 5.01. The fourth-order valence-corrected chi connectivity index (χ4v) is 5.89. The number of sulfone groups is 1. The van der Waals surface area contributed by atoms with Gasteiger partial charge in [-0.15, -0.1) is 0 Å². The van der Waals surface area contributed by atoms with Crippen molar-refractivity contribution in [2.45, 2.75) is 49.3 Å². The summed E-state index contributed by atoms with van der Waals surface area (Å²) in [5, 5.41) is 14.0.